The third-order valence-electron chi connectivity index (χ3n) is 3.77. The van der Waals surface area contributed by atoms with Gasteiger partial charge in [-0.05, 0) is 44.0 Å². The minimum Gasteiger partial charge on any atom is -0.494 e. The molecule has 3 rings (SSSR count). The van der Waals surface area contributed by atoms with Crippen LogP contribution in [0.15, 0.2) is 48.7 Å². The first kappa shape index (κ1) is 16.1. The van der Waals surface area contributed by atoms with E-state index in [1.165, 1.54) is 0 Å². The van der Waals surface area contributed by atoms with Gasteiger partial charge in [0, 0.05) is 12.7 Å². The van der Waals surface area contributed by atoms with Gasteiger partial charge >= 0.3 is 0 Å². The van der Waals surface area contributed by atoms with Crippen LogP contribution in [0.4, 0.5) is 0 Å². The van der Waals surface area contributed by atoms with Crippen LogP contribution in [0.5, 0.6) is 5.75 Å². The number of hydrogen-bond donors (Lipinski definition) is 1. The minimum atomic E-state index is -0.106. The Morgan fingerprint density at radius 3 is 2.75 bits per heavy atom. The van der Waals surface area contributed by atoms with E-state index in [1.807, 2.05) is 66.9 Å². The van der Waals surface area contributed by atoms with E-state index in [2.05, 4.69) is 10.3 Å². The van der Waals surface area contributed by atoms with E-state index < -0.39 is 0 Å². The predicted molar refractivity (Wildman–Crippen MR) is 93.6 cm³/mol. The summed E-state index contributed by atoms with van der Waals surface area (Å²) in [5.74, 6) is 0.738. The number of hydrogen-bond acceptors (Lipinski definition) is 3. The molecule has 0 aliphatic rings. The number of amides is 1. The maximum Gasteiger partial charge on any atom is 0.270 e. The summed E-state index contributed by atoms with van der Waals surface area (Å²) in [5.41, 5.74) is 3.21. The van der Waals surface area contributed by atoms with Crippen LogP contribution in [0.1, 0.15) is 28.2 Å². The summed E-state index contributed by atoms with van der Waals surface area (Å²) in [6.45, 7) is 4.98. The Bertz CT molecular complexity index is 840. The fourth-order valence-electron chi connectivity index (χ4n) is 2.61. The van der Waals surface area contributed by atoms with E-state index in [0.717, 1.165) is 29.1 Å². The molecule has 0 aliphatic heterocycles. The molecule has 2 aromatic heterocycles. The van der Waals surface area contributed by atoms with Crippen molar-refractivity contribution in [2.75, 3.05) is 13.2 Å². The normalized spacial score (nSPS) is 10.8. The zero-order chi connectivity index (χ0) is 16.9. The zero-order valence-corrected chi connectivity index (χ0v) is 14.0. The highest BCUT2D eigenvalue weighted by Gasteiger charge is 2.16. The average Bonchev–Trinajstić information content (AvgIpc) is 2.90. The van der Waals surface area contributed by atoms with Gasteiger partial charge in [0.15, 0.2) is 0 Å². The Morgan fingerprint density at radius 2 is 1.96 bits per heavy atom. The number of carbonyl (C=O) groups excluding carboxylic acids is 1. The first-order valence-corrected chi connectivity index (χ1v) is 8.06. The van der Waals surface area contributed by atoms with Crippen LogP contribution >= 0.6 is 0 Å². The molecular formula is C19H21N3O2. The average molecular weight is 323 g/mol. The molecule has 0 aliphatic carbocycles. The van der Waals surface area contributed by atoms with Crippen molar-refractivity contribution in [3.8, 4) is 5.75 Å². The first-order valence-electron chi connectivity index (χ1n) is 8.06. The molecule has 1 amide bonds. The number of para-hydroxylation sites is 1. The standard InChI is InChI=1S/C19H21N3O2/c1-14-9-10-17-21-15(2)18(22(17)13-14)19(23)20-11-6-12-24-16-7-4-3-5-8-16/h3-5,7-10,13H,6,11-12H2,1-2H3,(H,20,23). The highest BCUT2D eigenvalue weighted by atomic mass is 16.5. The summed E-state index contributed by atoms with van der Waals surface area (Å²) >= 11 is 0. The Hall–Kier alpha value is -2.82. The summed E-state index contributed by atoms with van der Waals surface area (Å²) in [6.07, 6.45) is 2.68. The van der Waals surface area contributed by atoms with Crippen molar-refractivity contribution >= 4 is 11.6 Å². The third kappa shape index (κ3) is 3.56. The minimum absolute atomic E-state index is 0.106. The van der Waals surface area contributed by atoms with Gasteiger partial charge in [0.2, 0.25) is 0 Å². The molecule has 2 heterocycles. The number of fused-ring (bicyclic) bond motifs is 1. The Morgan fingerprint density at radius 1 is 1.17 bits per heavy atom. The molecule has 0 unspecified atom stereocenters. The summed E-state index contributed by atoms with van der Waals surface area (Å²) in [4.78, 5) is 16.9. The molecule has 0 saturated heterocycles. The van der Waals surface area contributed by atoms with Crippen LogP contribution in [-0.4, -0.2) is 28.4 Å². The van der Waals surface area contributed by atoms with Crippen molar-refractivity contribution in [1.82, 2.24) is 14.7 Å². The predicted octanol–water partition coefficient (Wildman–Crippen LogP) is 3.15. The number of imidazole rings is 1. The van der Waals surface area contributed by atoms with Crippen molar-refractivity contribution in [3.63, 3.8) is 0 Å². The van der Waals surface area contributed by atoms with Gasteiger partial charge in [0.1, 0.15) is 17.1 Å². The Labute approximate surface area is 141 Å². The van der Waals surface area contributed by atoms with Gasteiger partial charge in [-0.3, -0.25) is 9.20 Å². The van der Waals surface area contributed by atoms with Gasteiger partial charge < -0.3 is 10.1 Å². The van der Waals surface area contributed by atoms with Crippen LogP contribution in [0, 0.1) is 13.8 Å². The van der Waals surface area contributed by atoms with E-state index in [1.54, 1.807) is 0 Å². The van der Waals surface area contributed by atoms with Crippen LogP contribution in [0.2, 0.25) is 0 Å². The molecule has 0 radical (unpaired) electrons. The second-order valence-corrected chi connectivity index (χ2v) is 5.75. The van der Waals surface area contributed by atoms with E-state index in [4.69, 9.17) is 4.74 Å². The van der Waals surface area contributed by atoms with Crippen molar-refractivity contribution < 1.29 is 9.53 Å². The molecule has 1 N–H and O–H groups in total. The molecule has 5 nitrogen and oxygen atoms in total. The number of nitrogens with one attached hydrogen (secondary N) is 1. The molecule has 5 heteroatoms. The second-order valence-electron chi connectivity index (χ2n) is 5.75. The van der Waals surface area contributed by atoms with Gasteiger partial charge in [-0.25, -0.2) is 4.98 Å². The lowest BCUT2D eigenvalue weighted by molar-refractivity contribution is 0.0945. The molecule has 0 bridgehead atoms. The van der Waals surface area contributed by atoms with Gasteiger partial charge in [0.25, 0.3) is 5.91 Å². The van der Waals surface area contributed by atoms with Crippen molar-refractivity contribution in [2.24, 2.45) is 0 Å². The molecule has 0 fully saturated rings. The summed E-state index contributed by atoms with van der Waals surface area (Å²) in [5, 5.41) is 2.94. The van der Waals surface area contributed by atoms with Crippen molar-refractivity contribution in [1.29, 1.82) is 0 Å². The van der Waals surface area contributed by atoms with Crippen LogP contribution in [0.25, 0.3) is 5.65 Å². The van der Waals surface area contributed by atoms with Gasteiger partial charge in [-0.1, -0.05) is 24.3 Å². The molecule has 0 saturated carbocycles. The maximum absolute atomic E-state index is 12.5. The number of carbonyl (C=O) groups is 1. The number of rotatable bonds is 6. The number of benzene rings is 1. The van der Waals surface area contributed by atoms with Gasteiger partial charge in [0.05, 0.1) is 12.3 Å². The van der Waals surface area contributed by atoms with Crippen molar-refractivity contribution in [3.05, 3.63) is 65.6 Å². The van der Waals surface area contributed by atoms with Crippen LogP contribution < -0.4 is 10.1 Å². The lowest BCUT2D eigenvalue weighted by Gasteiger charge is -2.08. The molecule has 0 atom stereocenters. The molecular weight excluding hydrogens is 302 g/mol. The largest absolute Gasteiger partial charge is 0.494 e. The smallest absolute Gasteiger partial charge is 0.270 e. The Kier molecular flexibility index (Phi) is 4.79. The van der Waals surface area contributed by atoms with Crippen LogP contribution in [-0.2, 0) is 0 Å². The summed E-state index contributed by atoms with van der Waals surface area (Å²) in [7, 11) is 0. The lowest BCUT2D eigenvalue weighted by atomic mass is 10.3. The van der Waals surface area contributed by atoms with Gasteiger partial charge in [-0.15, -0.1) is 0 Å². The summed E-state index contributed by atoms with van der Waals surface area (Å²) < 4.78 is 7.47. The van der Waals surface area contributed by atoms with Gasteiger partial charge in [-0.2, -0.15) is 0 Å². The van der Waals surface area contributed by atoms with E-state index in [-0.39, 0.29) is 5.91 Å². The first-order chi connectivity index (χ1) is 11.6. The van der Waals surface area contributed by atoms with Crippen molar-refractivity contribution in [2.45, 2.75) is 20.3 Å². The molecule has 24 heavy (non-hydrogen) atoms. The molecule has 124 valence electrons. The SMILES string of the molecule is Cc1ccc2nc(C)c(C(=O)NCCCOc3ccccc3)n2c1. The molecule has 3 aromatic rings. The highest BCUT2D eigenvalue weighted by Crippen LogP contribution is 2.13. The molecule has 0 spiro atoms. The van der Waals surface area contributed by atoms with E-state index >= 15 is 0 Å². The maximum atomic E-state index is 12.5. The summed E-state index contributed by atoms with van der Waals surface area (Å²) in [6, 6.07) is 13.6. The zero-order valence-electron chi connectivity index (χ0n) is 14.0. The number of aryl methyl sites for hydroxylation is 2. The number of pyridine rings is 1. The number of ether oxygens (including phenoxy) is 1. The third-order valence-corrected chi connectivity index (χ3v) is 3.77. The van der Waals surface area contributed by atoms with E-state index in [0.29, 0.717) is 18.8 Å². The number of aromatic nitrogens is 2. The monoisotopic (exact) mass is 323 g/mol. The second kappa shape index (κ2) is 7.17. The Balaban J connectivity index is 1.56. The fraction of sp³-hybridized carbons (Fsp3) is 0.263. The van der Waals surface area contributed by atoms with Crippen LogP contribution in [0.3, 0.4) is 0 Å². The lowest BCUT2D eigenvalue weighted by Crippen LogP contribution is -2.27. The molecule has 1 aromatic carbocycles. The quantitative estimate of drug-likeness (QED) is 0.709. The van der Waals surface area contributed by atoms with E-state index in [9.17, 15) is 4.79 Å². The number of nitrogens with zero attached hydrogens (tertiary/aromatic N) is 2. The fourth-order valence-corrected chi connectivity index (χ4v) is 2.61. The topological polar surface area (TPSA) is 55.6 Å². The highest BCUT2D eigenvalue weighted by molar-refractivity contribution is 5.94.